The van der Waals surface area contributed by atoms with Gasteiger partial charge in [0.2, 0.25) is 5.91 Å². The molecule has 1 aromatic heterocycles. The van der Waals surface area contributed by atoms with E-state index in [1.54, 1.807) is 15.9 Å². The van der Waals surface area contributed by atoms with Crippen LogP contribution in [0.25, 0.3) is 0 Å². The number of hydrogen-bond acceptors (Lipinski definition) is 3. The molecular formula is C21H21F2N3O3. The fraction of sp³-hybridized carbons (Fsp3) is 0.381. The summed E-state index contributed by atoms with van der Waals surface area (Å²) in [6.07, 6.45) is 3.42. The highest BCUT2D eigenvalue weighted by molar-refractivity contribution is 5.95. The Bertz CT molecular complexity index is 1020. The number of nitrogens with zero attached hydrogens (tertiary/aromatic N) is 2. The second-order valence-corrected chi connectivity index (χ2v) is 7.75. The second kappa shape index (κ2) is 7.42. The zero-order valence-electron chi connectivity index (χ0n) is 15.8. The zero-order chi connectivity index (χ0) is 20.6. The standard InChI is InChI=1S/C21H21F2N3O3/c22-16-5-4-14(11-17(16)23)12-25-9-2-6-21(20(25)29)7-10-26(13-21)19(28)15-3-1-8-24-18(15)27/h1,3-5,8,11H,2,6-7,9-10,12-13H2,(H,24,27). The van der Waals surface area contributed by atoms with Crippen molar-refractivity contribution in [2.45, 2.75) is 25.8 Å². The fourth-order valence-corrected chi connectivity index (χ4v) is 4.35. The molecule has 2 aromatic rings. The number of benzene rings is 1. The topological polar surface area (TPSA) is 73.5 Å². The SMILES string of the molecule is O=C(c1ccc[nH]c1=O)N1CCC2(CCCN(Cc3ccc(F)c(F)c3)C2=O)C1. The zero-order valence-corrected chi connectivity index (χ0v) is 15.8. The molecule has 2 amide bonds. The maximum absolute atomic E-state index is 13.5. The third-order valence-corrected chi connectivity index (χ3v) is 5.87. The summed E-state index contributed by atoms with van der Waals surface area (Å²) in [4.78, 5) is 43.6. The van der Waals surface area contributed by atoms with E-state index in [1.165, 1.54) is 18.3 Å². The van der Waals surface area contributed by atoms with E-state index in [0.29, 0.717) is 31.5 Å². The maximum atomic E-state index is 13.5. The average molecular weight is 401 g/mol. The number of pyridine rings is 1. The Labute approximate surface area is 166 Å². The summed E-state index contributed by atoms with van der Waals surface area (Å²) in [6.45, 7) is 1.39. The molecule has 1 atom stereocenters. The molecule has 2 fully saturated rings. The molecule has 1 unspecified atom stereocenters. The van der Waals surface area contributed by atoms with E-state index in [2.05, 4.69) is 4.98 Å². The number of H-pyrrole nitrogens is 1. The van der Waals surface area contributed by atoms with Crippen LogP contribution in [-0.4, -0.2) is 46.2 Å². The molecule has 29 heavy (non-hydrogen) atoms. The van der Waals surface area contributed by atoms with Crippen molar-refractivity contribution in [1.29, 1.82) is 0 Å². The van der Waals surface area contributed by atoms with E-state index in [0.717, 1.165) is 18.6 Å². The highest BCUT2D eigenvalue weighted by Gasteiger charge is 2.49. The molecule has 0 bridgehead atoms. The van der Waals surface area contributed by atoms with Crippen LogP contribution in [0.4, 0.5) is 8.78 Å². The van der Waals surface area contributed by atoms with Crippen LogP contribution in [-0.2, 0) is 11.3 Å². The van der Waals surface area contributed by atoms with E-state index in [1.807, 2.05) is 0 Å². The van der Waals surface area contributed by atoms with Crippen molar-refractivity contribution in [3.63, 3.8) is 0 Å². The number of nitrogens with one attached hydrogen (secondary N) is 1. The van der Waals surface area contributed by atoms with Crippen LogP contribution in [0.15, 0.2) is 41.3 Å². The Hall–Kier alpha value is -3.03. The van der Waals surface area contributed by atoms with E-state index in [-0.39, 0.29) is 30.5 Å². The number of aromatic amines is 1. The lowest BCUT2D eigenvalue weighted by molar-refractivity contribution is -0.146. The molecule has 8 heteroatoms. The minimum atomic E-state index is -0.938. The van der Waals surface area contributed by atoms with Gasteiger partial charge in [-0.25, -0.2) is 8.78 Å². The van der Waals surface area contributed by atoms with Gasteiger partial charge in [-0.3, -0.25) is 14.4 Å². The number of aromatic nitrogens is 1. The first-order chi connectivity index (χ1) is 13.9. The molecular weight excluding hydrogens is 380 g/mol. The minimum Gasteiger partial charge on any atom is -0.338 e. The Kier molecular flexibility index (Phi) is 4.94. The first kappa shape index (κ1) is 19.3. The maximum Gasteiger partial charge on any atom is 0.260 e. The van der Waals surface area contributed by atoms with Crippen LogP contribution < -0.4 is 5.56 Å². The van der Waals surface area contributed by atoms with Gasteiger partial charge in [0.05, 0.1) is 5.41 Å². The van der Waals surface area contributed by atoms with E-state index in [9.17, 15) is 23.2 Å². The fourth-order valence-electron chi connectivity index (χ4n) is 4.35. The van der Waals surface area contributed by atoms with Gasteiger partial charge in [-0.2, -0.15) is 0 Å². The molecule has 6 nitrogen and oxygen atoms in total. The summed E-state index contributed by atoms with van der Waals surface area (Å²) < 4.78 is 26.7. The Morgan fingerprint density at radius 3 is 2.69 bits per heavy atom. The molecule has 1 spiro atoms. The van der Waals surface area contributed by atoms with Crippen LogP contribution >= 0.6 is 0 Å². The van der Waals surface area contributed by atoms with Gasteiger partial charge >= 0.3 is 0 Å². The van der Waals surface area contributed by atoms with E-state index in [4.69, 9.17) is 0 Å². The van der Waals surface area contributed by atoms with E-state index < -0.39 is 22.6 Å². The lowest BCUT2D eigenvalue weighted by Gasteiger charge is -2.39. The smallest absolute Gasteiger partial charge is 0.260 e. The molecule has 0 saturated carbocycles. The van der Waals surface area contributed by atoms with Gasteiger partial charge in [0.25, 0.3) is 11.5 Å². The molecule has 0 radical (unpaired) electrons. The lowest BCUT2D eigenvalue weighted by Crippen LogP contribution is -2.50. The summed E-state index contributed by atoms with van der Waals surface area (Å²) in [5.74, 6) is -2.32. The Morgan fingerprint density at radius 2 is 1.93 bits per heavy atom. The third kappa shape index (κ3) is 3.54. The van der Waals surface area contributed by atoms with Crippen molar-refractivity contribution in [2.75, 3.05) is 19.6 Å². The largest absolute Gasteiger partial charge is 0.338 e. The van der Waals surface area contributed by atoms with Crippen molar-refractivity contribution in [3.05, 3.63) is 69.6 Å². The number of carbonyl (C=O) groups is 2. The number of likely N-dealkylation sites (tertiary alicyclic amines) is 2. The number of rotatable bonds is 3. The average Bonchev–Trinajstić information content (AvgIpc) is 3.13. The number of carbonyl (C=O) groups excluding carboxylic acids is 2. The Morgan fingerprint density at radius 1 is 1.10 bits per heavy atom. The summed E-state index contributed by atoms with van der Waals surface area (Å²) in [5, 5.41) is 0. The number of piperidine rings is 1. The third-order valence-electron chi connectivity index (χ3n) is 5.87. The molecule has 1 aromatic carbocycles. The van der Waals surface area contributed by atoms with E-state index >= 15 is 0 Å². The highest BCUT2D eigenvalue weighted by atomic mass is 19.2. The van der Waals surface area contributed by atoms with Gasteiger partial charge < -0.3 is 14.8 Å². The molecule has 1 N–H and O–H groups in total. The van der Waals surface area contributed by atoms with Crippen LogP contribution in [0.5, 0.6) is 0 Å². The summed E-state index contributed by atoms with van der Waals surface area (Å²) in [5.41, 5.74) is -0.551. The van der Waals surface area contributed by atoms with Crippen molar-refractivity contribution >= 4 is 11.8 Å². The molecule has 2 aliphatic heterocycles. The van der Waals surface area contributed by atoms with Crippen LogP contribution in [0.1, 0.15) is 35.2 Å². The molecule has 0 aliphatic carbocycles. The van der Waals surface area contributed by atoms with Crippen LogP contribution in [0.2, 0.25) is 0 Å². The van der Waals surface area contributed by atoms with Gasteiger partial charge in [-0.05, 0) is 49.1 Å². The van der Waals surface area contributed by atoms with Gasteiger partial charge in [0.1, 0.15) is 5.56 Å². The quantitative estimate of drug-likeness (QED) is 0.858. The lowest BCUT2D eigenvalue weighted by atomic mass is 9.78. The molecule has 152 valence electrons. The minimum absolute atomic E-state index is 0.0615. The molecule has 3 heterocycles. The highest BCUT2D eigenvalue weighted by Crippen LogP contribution is 2.40. The Balaban J connectivity index is 1.50. The van der Waals surface area contributed by atoms with Crippen molar-refractivity contribution in [1.82, 2.24) is 14.8 Å². The number of amides is 2. The monoisotopic (exact) mass is 401 g/mol. The first-order valence-corrected chi connectivity index (χ1v) is 9.60. The molecule has 2 saturated heterocycles. The summed E-state index contributed by atoms with van der Waals surface area (Å²) in [7, 11) is 0. The predicted molar refractivity (Wildman–Crippen MR) is 101 cm³/mol. The van der Waals surface area contributed by atoms with Crippen LogP contribution in [0.3, 0.4) is 0 Å². The van der Waals surface area contributed by atoms with Crippen molar-refractivity contribution in [2.24, 2.45) is 5.41 Å². The van der Waals surface area contributed by atoms with Gasteiger partial charge in [0, 0.05) is 32.4 Å². The van der Waals surface area contributed by atoms with Gasteiger partial charge in [0.15, 0.2) is 11.6 Å². The van der Waals surface area contributed by atoms with Crippen LogP contribution in [0, 0.1) is 17.0 Å². The molecule has 2 aliphatic rings. The van der Waals surface area contributed by atoms with Gasteiger partial charge in [-0.15, -0.1) is 0 Å². The number of halogens is 2. The van der Waals surface area contributed by atoms with Gasteiger partial charge in [-0.1, -0.05) is 6.07 Å². The summed E-state index contributed by atoms with van der Waals surface area (Å²) >= 11 is 0. The normalized spacial score (nSPS) is 21.8. The second-order valence-electron chi connectivity index (χ2n) is 7.75. The first-order valence-electron chi connectivity index (χ1n) is 9.60. The van der Waals surface area contributed by atoms with Crippen molar-refractivity contribution < 1.29 is 18.4 Å². The number of hydrogen-bond donors (Lipinski definition) is 1. The predicted octanol–water partition coefficient (Wildman–Crippen LogP) is 2.31. The van der Waals surface area contributed by atoms with Crippen molar-refractivity contribution in [3.8, 4) is 0 Å². The molecule has 4 rings (SSSR count). The summed E-state index contributed by atoms with van der Waals surface area (Å²) in [6, 6.07) is 6.71.